The van der Waals surface area contributed by atoms with Crippen LogP contribution in [0.4, 0.5) is 4.39 Å². The topological polar surface area (TPSA) is 82.8 Å². The van der Waals surface area contributed by atoms with Crippen LogP contribution in [0, 0.1) is 33.9 Å². The van der Waals surface area contributed by atoms with Crippen molar-refractivity contribution >= 4 is 11.6 Å². The smallest absolute Gasteiger partial charge is 0.205 e. The summed E-state index contributed by atoms with van der Waals surface area (Å²) < 4.78 is 19.9. The van der Waals surface area contributed by atoms with E-state index in [0.717, 1.165) is 0 Å². The third-order valence-electron chi connectivity index (χ3n) is 3.51. The molecule has 0 aliphatic carbocycles. The number of hydrogen-bond donors (Lipinski definition) is 1. The molecule has 0 spiro atoms. The summed E-state index contributed by atoms with van der Waals surface area (Å²) in [7, 11) is 0. The third-order valence-corrected chi connectivity index (χ3v) is 3.84. The third kappa shape index (κ3) is 2.88. The molecule has 6 heteroatoms. The van der Waals surface area contributed by atoms with Crippen molar-refractivity contribution < 1.29 is 9.13 Å². The Morgan fingerprint density at radius 3 is 2.30 bits per heavy atom. The van der Waals surface area contributed by atoms with Crippen LogP contribution in [0.1, 0.15) is 32.3 Å². The highest BCUT2D eigenvalue weighted by Gasteiger charge is 2.39. The van der Waals surface area contributed by atoms with E-state index in [1.54, 1.807) is 0 Å². The molecule has 1 aromatic rings. The van der Waals surface area contributed by atoms with Crippen LogP contribution in [-0.4, -0.2) is 0 Å². The van der Waals surface area contributed by atoms with Gasteiger partial charge in [-0.25, -0.2) is 4.39 Å². The predicted octanol–water partition coefficient (Wildman–Crippen LogP) is 4.11. The number of benzene rings is 1. The molecule has 1 heterocycles. The molecular weight excluding hydrogens is 317 g/mol. The summed E-state index contributed by atoms with van der Waals surface area (Å²) in [4.78, 5) is 0. The van der Waals surface area contributed by atoms with E-state index in [0.29, 0.717) is 5.76 Å². The first-order chi connectivity index (χ1) is 10.7. The number of allylic oxidation sites excluding steroid dienone is 3. The Hall–Kier alpha value is -2.50. The monoisotopic (exact) mass is 331 g/mol. The van der Waals surface area contributed by atoms with E-state index in [2.05, 4.69) is 0 Å². The van der Waals surface area contributed by atoms with Crippen LogP contribution in [0.3, 0.4) is 0 Å². The van der Waals surface area contributed by atoms with Crippen LogP contribution in [0.25, 0.3) is 0 Å². The molecule has 1 aromatic carbocycles. The van der Waals surface area contributed by atoms with Crippen molar-refractivity contribution in [3.63, 3.8) is 0 Å². The number of halogens is 2. The van der Waals surface area contributed by atoms with Gasteiger partial charge in [-0.15, -0.1) is 0 Å². The Balaban J connectivity index is 2.84. The zero-order valence-corrected chi connectivity index (χ0v) is 13.7. The lowest BCUT2D eigenvalue weighted by molar-refractivity contribution is 0.199. The Kier molecular flexibility index (Phi) is 4.36. The van der Waals surface area contributed by atoms with Gasteiger partial charge in [-0.2, -0.15) is 10.5 Å². The molecule has 1 atom stereocenters. The molecule has 0 aromatic heterocycles. The second kappa shape index (κ2) is 5.95. The normalized spacial score (nSPS) is 18.3. The van der Waals surface area contributed by atoms with E-state index in [1.165, 1.54) is 18.2 Å². The first-order valence-corrected chi connectivity index (χ1v) is 7.26. The molecule has 0 saturated heterocycles. The van der Waals surface area contributed by atoms with Gasteiger partial charge in [0.25, 0.3) is 0 Å². The van der Waals surface area contributed by atoms with Crippen LogP contribution in [-0.2, 0) is 4.74 Å². The predicted molar refractivity (Wildman–Crippen MR) is 84.2 cm³/mol. The fraction of sp³-hybridized carbons (Fsp3) is 0.294. The molecular formula is C17H15ClFN3O. The number of nitrogens with two attached hydrogens (primary N) is 1. The van der Waals surface area contributed by atoms with Crippen molar-refractivity contribution in [1.29, 1.82) is 10.5 Å². The molecule has 0 bridgehead atoms. The van der Waals surface area contributed by atoms with Gasteiger partial charge < -0.3 is 10.5 Å². The molecule has 0 saturated carbocycles. The van der Waals surface area contributed by atoms with Crippen molar-refractivity contribution in [3.8, 4) is 12.1 Å². The number of hydrogen-bond acceptors (Lipinski definition) is 4. The van der Waals surface area contributed by atoms with E-state index in [-0.39, 0.29) is 27.6 Å². The summed E-state index contributed by atoms with van der Waals surface area (Å²) >= 11 is 6.13. The molecule has 0 unspecified atom stereocenters. The zero-order valence-electron chi connectivity index (χ0n) is 12.9. The standard InChI is InChI=1S/C17H15ClFN3O/c1-17(2,3)15-9(7-20)13(10(8-21)16(22)23-15)14-11(18)5-4-6-12(14)19/h4-6,13H,22H2,1-3H3/t13-/m1/s1. The van der Waals surface area contributed by atoms with Gasteiger partial charge in [0.15, 0.2) is 0 Å². The average Bonchev–Trinajstić information content (AvgIpc) is 2.45. The lowest BCUT2D eigenvalue weighted by Gasteiger charge is -2.32. The van der Waals surface area contributed by atoms with Gasteiger partial charge in [-0.05, 0) is 12.1 Å². The highest BCUT2D eigenvalue weighted by Crippen LogP contribution is 2.46. The highest BCUT2D eigenvalue weighted by molar-refractivity contribution is 6.31. The first-order valence-electron chi connectivity index (χ1n) is 6.88. The molecule has 0 amide bonds. The SMILES string of the molecule is CC(C)(C)C1=C(C#N)[C@@H](c2c(F)cccc2Cl)C(C#N)=C(N)O1. The van der Waals surface area contributed by atoms with Crippen molar-refractivity contribution in [2.45, 2.75) is 26.7 Å². The zero-order chi connectivity index (χ0) is 17.4. The molecule has 0 radical (unpaired) electrons. The number of ether oxygens (including phenoxy) is 1. The van der Waals surface area contributed by atoms with Gasteiger partial charge in [0.05, 0.1) is 17.6 Å². The van der Waals surface area contributed by atoms with Crippen LogP contribution in [0.2, 0.25) is 5.02 Å². The van der Waals surface area contributed by atoms with Gasteiger partial charge in [0.1, 0.15) is 23.2 Å². The largest absolute Gasteiger partial charge is 0.443 e. The minimum Gasteiger partial charge on any atom is -0.443 e. The Labute approximate surface area is 139 Å². The molecule has 1 aliphatic heterocycles. The van der Waals surface area contributed by atoms with Crippen molar-refractivity contribution in [2.75, 3.05) is 0 Å². The first kappa shape index (κ1) is 16.9. The van der Waals surface area contributed by atoms with Crippen LogP contribution < -0.4 is 5.73 Å². The summed E-state index contributed by atoms with van der Waals surface area (Å²) in [6.07, 6.45) is 0. The molecule has 2 rings (SSSR count). The number of nitriles is 2. The summed E-state index contributed by atoms with van der Waals surface area (Å²) in [6, 6.07) is 8.14. The van der Waals surface area contributed by atoms with Gasteiger partial charge in [0, 0.05) is 16.0 Å². The summed E-state index contributed by atoms with van der Waals surface area (Å²) in [5, 5.41) is 19.1. The fourth-order valence-corrected chi connectivity index (χ4v) is 2.78. The average molecular weight is 332 g/mol. The maximum Gasteiger partial charge on any atom is 0.205 e. The van der Waals surface area contributed by atoms with E-state index in [9.17, 15) is 14.9 Å². The summed E-state index contributed by atoms with van der Waals surface area (Å²) in [5.74, 6) is -1.42. The van der Waals surface area contributed by atoms with E-state index >= 15 is 0 Å². The van der Waals surface area contributed by atoms with Crippen LogP contribution in [0.5, 0.6) is 0 Å². The summed E-state index contributed by atoms with van der Waals surface area (Å²) in [5.41, 5.74) is 5.46. The maximum atomic E-state index is 14.4. The van der Waals surface area contributed by atoms with Crippen LogP contribution in [0.15, 0.2) is 41.0 Å². The van der Waals surface area contributed by atoms with E-state index in [4.69, 9.17) is 22.1 Å². The van der Waals surface area contributed by atoms with Gasteiger partial charge in [-0.1, -0.05) is 38.4 Å². The molecule has 0 fully saturated rings. The van der Waals surface area contributed by atoms with Gasteiger partial charge in [0.2, 0.25) is 5.88 Å². The van der Waals surface area contributed by atoms with Crippen molar-refractivity contribution in [3.05, 3.63) is 57.4 Å². The fourth-order valence-electron chi connectivity index (χ4n) is 2.50. The molecule has 1 aliphatic rings. The number of rotatable bonds is 1. The number of nitrogens with zero attached hydrogens (tertiary/aromatic N) is 2. The highest BCUT2D eigenvalue weighted by atomic mass is 35.5. The minimum atomic E-state index is -0.985. The van der Waals surface area contributed by atoms with Gasteiger partial charge >= 0.3 is 0 Å². The molecule has 4 nitrogen and oxygen atoms in total. The summed E-state index contributed by atoms with van der Waals surface area (Å²) in [6.45, 7) is 5.51. The van der Waals surface area contributed by atoms with Crippen molar-refractivity contribution in [2.24, 2.45) is 11.1 Å². The second-order valence-corrected chi connectivity index (χ2v) is 6.57. The van der Waals surface area contributed by atoms with Crippen molar-refractivity contribution in [1.82, 2.24) is 0 Å². The Morgan fingerprint density at radius 2 is 1.83 bits per heavy atom. The quantitative estimate of drug-likeness (QED) is 0.839. The molecule has 23 heavy (non-hydrogen) atoms. The Bertz CT molecular complexity index is 786. The van der Waals surface area contributed by atoms with Gasteiger partial charge in [-0.3, -0.25) is 0 Å². The van der Waals surface area contributed by atoms with Crippen LogP contribution >= 0.6 is 11.6 Å². The maximum absolute atomic E-state index is 14.4. The lowest BCUT2D eigenvalue weighted by atomic mass is 9.78. The molecule has 2 N–H and O–H groups in total. The Morgan fingerprint density at radius 1 is 1.22 bits per heavy atom. The second-order valence-electron chi connectivity index (χ2n) is 6.16. The lowest BCUT2D eigenvalue weighted by Crippen LogP contribution is -2.26. The molecule has 118 valence electrons. The van der Waals surface area contributed by atoms with E-state index < -0.39 is 17.2 Å². The van der Waals surface area contributed by atoms with E-state index in [1.807, 2.05) is 32.9 Å². The minimum absolute atomic E-state index is 0.0263.